The van der Waals surface area contributed by atoms with Crippen molar-refractivity contribution in [3.63, 3.8) is 0 Å². The number of piperidine rings is 1. The summed E-state index contributed by atoms with van der Waals surface area (Å²) in [4.78, 5) is 25.7. The lowest BCUT2D eigenvalue weighted by Crippen LogP contribution is -2.42. The van der Waals surface area contributed by atoms with Crippen molar-refractivity contribution in [3.8, 4) is 5.75 Å². The predicted octanol–water partition coefficient (Wildman–Crippen LogP) is 4.58. The fraction of sp³-hybridized carbons (Fsp3) is 0.333. The number of rotatable bonds is 8. The second-order valence-corrected chi connectivity index (χ2v) is 7.26. The summed E-state index contributed by atoms with van der Waals surface area (Å²) >= 11 is 0. The number of fused-ring (bicyclic) bond motifs is 1. The van der Waals surface area contributed by atoms with Crippen molar-refractivity contribution in [2.24, 2.45) is 0 Å². The van der Waals surface area contributed by atoms with Crippen LogP contribution in [0.1, 0.15) is 34.8 Å². The quantitative estimate of drug-likeness (QED) is 0.492. The molecule has 1 N–H and O–H groups in total. The van der Waals surface area contributed by atoms with Gasteiger partial charge in [-0.1, -0.05) is 24.8 Å². The fourth-order valence-corrected chi connectivity index (χ4v) is 3.99. The Balaban J connectivity index is 2.12. The van der Waals surface area contributed by atoms with E-state index < -0.39 is 18.1 Å². The number of carbonyl (C=O) groups excluding carboxylic acids is 1. The van der Waals surface area contributed by atoms with Crippen molar-refractivity contribution in [2.75, 3.05) is 26.9 Å². The number of esters is 1. The van der Waals surface area contributed by atoms with Crippen LogP contribution < -0.4 is 4.74 Å². The van der Waals surface area contributed by atoms with Crippen LogP contribution in [0.5, 0.6) is 5.75 Å². The third-order valence-electron chi connectivity index (χ3n) is 5.40. The highest BCUT2D eigenvalue weighted by molar-refractivity contribution is 6.06. The molecule has 31 heavy (non-hydrogen) atoms. The number of ether oxygens (including phenoxy) is 3. The molecule has 1 aliphatic rings. The minimum atomic E-state index is -0.989. The van der Waals surface area contributed by atoms with Crippen LogP contribution in [0.25, 0.3) is 10.8 Å². The third kappa shape index (κ3) is 4.88. The van der Waals surface area contributed by atoms with Gasteiger partial charge in [0.15, 0.2) is 0 Å². The fourth-order valence-electron chi connectivity index (χ4n) is 3.99. The zero-order valence-electron chi connectivity index (χ0n) is 17.6. The topological polar surface area (TPSA) is 85.3 Å². The van der Waals surface area contributed by atoms with Crippen LogP contribution in [0.2, 0.25) is 0 Å². The third-order valence-corrected chi connectivity index (χ3v) is 5.40. The van der Waals surface area contributed by atoms with Crippen LogP contribution in [-0.2, 0) is 9.47 Å². The first-order chi connectivity index (χ1) is 15.0. The average Bonchev–Trinajstić information content (AvgIpc) is 2.79. The Kier molecular flexibility index (Phi) is 7.31. The molecule has 0 spiro atoms. The van der Waals surface area contributed by atoms with Crippen molar-refractivity contribution < 1.29 is 28.9 Å². The normalized spacial score (nSPS) is 18.4. The van der Waals surface area contributed by atoms with Gasteiger partial charge in [0, 0.05) is 6.54 Å². The summed E-state index contributed by atoms with van der Waals surface area (Å²) in [6, 6.07) is 8.45. The number of methoxy groups -OCH3 is 1. The Bertz CT molecular complexity index is 985. The molecule has 0 aliphatic carbocycles. The Morgan fingerprint density at radius 3 is 2.61 bits per heavy atom. The Hall–Kier alpha value is -3.32. The van der Waals surface area contributed by atoms with Gasteiger partial charge in [0.25, 0.3) is 0 Å². The molecular formula is C24H27NO6. The second kappa shape index (κ2) is 10.1. The number of amides is 1. The van der Waals surface area contributed by atoms with Crippen LogP contribution in [0.4, 0.5) is 4.79 Å². The number of carboxylic acid groups (broad SMARTS) is 1. The van der Waals surface area contributed by atoms with E-state index in [2.05, 4.69) is 13.2 Å². The maximum atomic E-state index is 12.3. The van der Waals surface area contributed by atoms with Gasteiger partial charge in [0.05, 0.1) is 31.4 Å². The standard InChI is InChI=1S/C24H27NO6/c1-4-12-30-16-6-7-18-20(23(26)29-3)9-8-19(21(18)14-16)22-15-17(31-13-5-2)10-11-25(22)24(27)28/h4-9,14,17,22H,1-2,10-13,15H2,3H3,(H,27,28)/t17?,22-/m0/s1. The van der Waals surface area contributed by atoms with Gasteiger partial charge in [-0.25, -0.2) is 9.59 Å². The number of benzene rings is 2. The van der Waals surface area contributed by atoms with Gasteiger partial charge in [0.1, 0.15) is 12.4 Å². The summed E-state index contributed by atoms with van der Waals surface area (Å²) in [5.41, 5.74) is 1.20. The van der Waals surface area contributed by atoms with E-state index in [-0.39, 0.29) is 6.10 Å². The molecule has 2 aromatic rings. The summed E-state index contributed by atoms with van der Waals surface area (Å²) < 4.78 is 16.4. The first-order valence-electron chi connectivity index (χ1n) is 10.1. The summed E-state index contributed by atoms with van der Waals surface area (Å²) in [7, 11) is 1.33. The van der Waals surface area contributed by atoms with E-state index in [1.54, 1.807) is 36.4 Å². The molecule has 1 fully saturated rings. The molecule has 1 amide bonds. The highest BCUT2D eigenvalue weighted by Gasteiger charge is 2.34. The lowest BCUT2D eigenvalue weighted by molar-refractivity contribution is 0.000532. The number of nitrogens with zero attached hydrogens (tertiary/aromatic N) is 1. The van der Waals surface area contributed by atoms with Gasteiger partial charge in [-0.2, -0.15) is 0 Å². The molecule has 7 heteroatoms. The highest BCUT2D eigenvalue weighted by atomic mass is 16.5. The molecule has 2 atom stereocenters. The lowest BCUT2D eigenvalue weighted by atomic mass is 9.88. The summed E-state index contributed by atoms with van der Waals surface area (Å²) in [6.45, 7) is 8.44. The first kappa shape index (κ1) is 22.4. The van der Waals surface area contributed by atoms with Crippen molar-refractivity contribution in [1.82, 2.24) is 4.90 Å². The number of hydrogen-bond acceptors (Lipinski definition) is 5. The van der Waals surface area contributed by atoms with Crippen LogP contribution in [0.15, 0.2) is 55.6 Å². The number of likely N-dealkylation sites (tertiary alicyclic amines) is 1. The molecule has 0 saturated carbocycles. The van der Waals surface area contributed by atoms with Gasteiger partial charge in [-0.05, 0) is 53.4 Å². The summed E-state index contributed by atoms with van der Waals surface area (Å²) in [5, 5.41) is 11.2. The monoisotopic (exact) mass is 425 g/mol. The van der Waals surface area contributed by atoms with E-state index >= 15 is 0 Å². The number of hydrogen-bond donors (Lipinski definition) is 1. The largest absolute Gasteiger partial charge is 0.490 e. The van der Waals surface area contributed by atoms with E-state index in [0.29, 0.717) is 49.3 Å². The first-order valence-corrected chi connectivity index (χ1v) is 10.1. The molecule has 2 aromatic carbocycles. The van der Waals surface area contributed by atoms with E-state index in [9.17, 15) is 14.7 Å². The summed E-state index contributed by atoms with van der Waals surface area (Å²) in [5.74, 6) is 0.148. The van der Waals surface area contributed by atoms with E-state index in [0.717, 1.165) is 10.9 Å². The molecule has 1 saturated heterocycles. The van der Waals surface area contributed by atoms with Gasteiger partial charge in [-0.3, -0.25) is 0 Å². The zero-order chi connectivity index (χ0) is 22.4. The van der Waals surface area contributed by atoms with Crippen molar-refractivity contribution in [2.45, 2.75) is 25.0 Å². The zero-order valence-corrected chi connectivity index (χ0v) is 17.6. The Morgan fingerprint density at radius 1 is 1.16 bits per heavy atom. The Labute approximate surface area is 181 Å². The van der Waals surface area contributed by atoms with Gasteiger partial charge in [-0.15, -0.1) is 6.58 Å². The van der Waals surface area contributed by atoms with Gasteiger partial charge < -0.3 is 24.2 Å². The average molecular weight is 425 g/mol. The van der Waals surface area contributed by atoms with E-state index in [4.69, 9.17) is 14.2 Å². The molecule has 164 valence electrons. The molecule has 3 rings (SSSR count). The smallest absolute Gasteiger partial charge is 0.407 e. The van der Waals surface area contributed by atoms with Crippen molar-refractivity contribution in [1.29, 1.82) is 0 Å². The molecule has 1 aliphatic heterocycles. The lowest BCUT2D eigenvalue weighted by Gasteiger charge is -2.38. The number of carbonyl (C=O) groups is 2. The van der Waals surface area contributed by atoms with Gasteiger partial charge >= 0.3 is 12.1 Å². The van der Waals surface area contributed by atoms with E-state index in [1.807, 2.05) is 6.07 Å². The van der Waals surface area contributed by atoms with Crippen LogP contribution >= 0.6 is 0 Å². The minimum Gasteiger partial charge on any atom is -0.490 e. The van der Waals surface area contributed by atoms with Gasteiger partial charge in [0.2, 0.25) is 0 Å². The molecular weight excluding hydrogens is 398 g/mol. The SMILES string of the molecule is C=CCOc1ccc2c(C(=O)OC)ccc([C@@H]3CC(OCC=C)CCN3C(=O)O)c2c1. The van der Waals surface area contributed by atoms with Crippen molar-refractivity contribution >= 4 is 22.8 Å². The van der Waals surface area contributed by atoms with Crippen molar-refractivity contribution in [3.05, 3.63) is 66.8 Å². The maximum absolute atomic E-state index is 12.3. The Morgan fingerprint density at radius 2 is 1.94 bits per heavy atom. The second-order valence-electron chi connectivity index (χ2n) is 7.26. The summed E-state index contributed by atoms with van der Waals surface area (Å²) in [6.07, 6.45) is 3.37. The van der Waals surface area contributed by atoms with Crippen LogP contribution in [-0.4, -0.2) is 55.0 Å². The minimum absolute atomic E-state index is 0.0888. The molecule has 1 heterocycles. The van der Waals surface area contributed by atoms with Crippen LogP contribution in [0.3, 0.4) is 0 Å². The molecule has 0 bridgehead atoms. The highest BCUT2D eigenvalue weighted by Crippen LogP contribution is 2.38. The molecule has 0 radical (unpaired) electrons. The van der Waals surface area contributed by atoms with Crippen LogP contribution in [0, 0.1) is 0 Å². The van der Waals surface area contributed by atoms with E-state index in [1.165, 1.54) is 12.0 Å². The molecule has 7 nitrogen and oxygen atoms in total. The molecule has 0 aromatic heterocycles. The maximum Gasteiger partial charge on any atom is 0.407 e. The predicted molar refractivity (Wildman–Crippen MR) is 118 cm³/mol. The molecule has 1 unspecified atom stereocenters.